The molecule has 0 aliphatic heterocycles. The van der Waals surface area contributed by atoms with Gasteiger partial charge in [-0.3, -0.25) is 4.68 Å². The number of nitrogens with one attached hydrogen (secondary N) is 1. The van der Waals surface area contributed by atoms with Gasteiger partial charge in [-0.05, 0) is 17.0 Å². The summed E-state index contributed by atoms with van der Waals surface area (Å²) in [5, 5.41) is 10.8. The van der Waals surface area contributed by atoms with E-state index in [9.17, 15) is 0 Å². The molecule has 0 radical (unpaired) electrons. The van der Waals surface area contributed by atoms with Crippen LogP contribution in [-0.2, 0) is 6.54 Å². The molecule has 0 aliphatic rings. The van der Waals surface area contributed by atoms with E-state index in [-0.39, 0.29) is 6.04 Å². The highest BCUT2D eigenvalue weighted by Crippen LogP contribution is 2.27. The maximum atomic E-state index is 4.41. The molecule has 4 rings (SSSR count). The number of benzene rings is 1. The molecule has 1 N–H and O–H groups in total. The molecule has 3 aromatic heterocycles. The molecule has 0 amide bonds. The zero-order chi connectivity index (χ0) is 15.5. The molecule has 0 spiro atoms. The number of fused-ring (bicyclic) bond motifs is 1. The van der Waals surface area contributed by atoms with Gasteiger partial charge >= 0.3 is 0 Å². The van der Waals surface area contributed by atoms with Crippen LogP contribution in [0.2, 0.25) is 0 Å². The molecule has 0 saturated carbocycles. The standard InChI is InChI=1S/C16H14N6S/c1-2-4-12(5-3-1)14(8-22-11-17-9-20-22)21-15-13-6-7-23-16(13)19-10-18-15/h1-7,9-11,14H,8H2,(H,18,19,21)/t14-/m1/s1. The van der Waals surface area contributed by atoms with Gasteiger partial charge in [0.05, 0.1) is 18.0 Å². The second kappa shape index (κ2) is 6.13. The molecule has 0 unspecified atom stereocenters. The van der Waals surface area contributed by atoms with Crippen LogP contribution in [-0.4, -0.2) is 24.7 Å². The lowest BCUT2D eigenvalue weighted by Crippen LogP contribution is -2.18. The van der Waals surface area contributed by atoms with E-state index in [0.717, 1.165) is 16.0 Å². The third kappa shape index (κ3) is 2.91. The van der Waals surface area contributed by atoms with E-state index in [0.29, 0.717) is 6.54 Å². The number of aromatic nitrogens is 5. The molecule has 7 heteroatoms. The van der Waals surface area contributed by atoms with E-state index in [1.54, 1.807) is 30.3 Å². The monoisotopic (exact) mass is 322 g/mol. The molecule has 0 fully saturated rings. The average molecular weight is 322 g/mol. The predicted molar refractivity (Wildman–Crippen MR) is 90.2 cm³/mol. The van der Waals surface area contributed by atoms with Gasteiger partial charge in [-0.2, -0.15) is 5.10 Å². The highest BCUT2D eigenvalue weighted by Gasteiger charge is 2.15. The Labute approximate surface area is 136 Å². The largest absolute Gasteiger partial charge is 0.361 e. The number of hydrogen-bond donors (Lipinski definition) is 1. The minimum absolute atomic E-state index is 0.0379. The molecule has 0 bridgehead atoms. The summed E-state index contributed by atoms with van der Waals surface area (Å²) in [5.41, 5.74) is 1.17. The quantitative estimate of drug-likeness (QED) is 0.611. The van der Waals surface area contributed by atoms with Gasteiger partial charge in [-0.1, -0.05) is 30.3 Å². The summed E-state index contributed by atoms with van der Waals surface area (Å²) in [4.78, 5) is 13.7. The number of nitrogens with zero attached hydrogens (tertiary/aromatic N) is 5. The molecule has 23 heavy (non-hydrogen) atoms. The van der Waals surface area contributed by atoms with Crippen molar-refractivity contribution in [3.63, 3.8) is 0 Å². The molecule has 1 atom stereocenters. The van der Waals surface area contributed by atoms with E-state index >= 15 is 0 Å². The third-order valence-electron chi connectivity index (χ3n) is 3.61. The molecular weight excluding hydrogens is 308 g/mol. The summed E-state index contributed by atoms with van der Waals surface area (Å²) in [6.45, 7) is 0.666. The number of thiophene rings is 1. The summed E-state index contributed by atoms with van der Waals surface area (Å²) in [7, 11) is 0. The second-order valence-electron chi connectivity index (χ2n) is 5.09. The van der Waals surface area contributed by atoms with Crippen LogP contribution < -0.4 is 5.32 Å². The van der Waals surface area contributed by atoms with Crippen LogP contribution in [0, 0.1) is 0 Å². The van der Waals surface area contributed by atoms with Crippen molar-refractivity contribution in [2.75, 3.05) is 5.32 Å². The van der Waals surface area contributed by atoms with E-state index in [1.165, 1.54) is 5.56 Å². The summed E-state index contributed by atoms with van der Waals surface area (Å²) in [5.74, 6) is 0.838. The Hall–Kier alpha value is -2.80. The Morgan fingerprint density at radius 2 is 2.00 bits per heavy atom. The summed E-state index contributed by atoms with van der Waals surface area (Å²) >= 11 is 1.61. The van der Waals surface area contributed by atoms with E-state index in [2.05, 4.69) is 37.5 Å². The van der Waals surface area contributed by atoms with Gasteiger partial charge in [0.1, 0.15) is 29.6 Å². The molecule has 0 saturated heterocycles. The number of anilines is 1. The van der Waals surface area contributed by atoms with Gasteiger partial charge in [-0.25, -0.2) is 15.0 Å². The van der Waals surface area contributed by atoms with Crippen LogP contribution in [0.5, 0.6) is 0 Å². The Kier molecular flexibility index (Phi) is 3.69. The Balaban J connectivity index is 1.69. The summed E-state index contributed by atoms with van der Waals surface area (Å²) in [6, 6.07) is 12.4. The molecule has 4 aromatic rings. The lowest BCUT2D eigenvalue weighted by Gasteiger charge is -2.20. The maximum absolute atomic E-state index is 4.41. The fourth-order valence-electron chi connectivity index (χ4n) is 2.50. The van der Waals surface area contributed by atoms with Crippen molar-refractivity contribution in [3.8, 4) is 0 Å². The second-order valence-corrected chi connectivity index (χ2v) is 5.98. The maximum Gasteiger partial charge on any atom is 0.138 e. The minimum Gasteiger partial charge on any atom is -0.361 e. The number of rotatable bonds is 5. The zero-order valence-electron chi connectivity index (χ0n) is 12.2. The first-order valence-electron chi connectivity index (χ1n) is 7.22. The smallest absolute Gasteiger partial charge is 0.138 e. The van der Waals surface area contributed by atoms with Gasteiger partial charge in [-0.15, -0.1) is 11.3 Å². The Morgan fingerprint density at radius 3 is 2.83 bits per heavy atom. The molecule has 1 aromatic carbocycles. The van der Waals surface area contributed by atoms with Crippen LogP contribution in [0.25, 0.3) is 10.2 Å². The first kappa shape index (κ1) is 13.8. The normalized spacial score (nSPS) is 12.3. The Morgan fingerprint density at radius 1 is 1.09 bits per heavy atom. The van der Waals surface area contributed by atoms with Crippen molar-refractivity contribution < 1.29 is 0 Å². The summed E-state index contributed by atoms with van der Waals surface area (Å²) < 4.78 is 1.82. The van der Waals surface area contributed by atoms with E-state index < -0.39 is 0 Å². The lowest BCUT2D eigenvalue weighted by atomic mass is 10.1. The van der Waals surface area contributed by atoms with Crippen LogP contribution in [0.15, 0.2) is 60.8 Å². The summed E-state index contributed by atoms with van der Waals surface area (Å²) in [6.07, 6.45) is 4.86. The molecule has 6 nitrogen and oxygen atoms in total. The molecular formula is C16H14N6S. The molecule has 0 aliphatic carbocycles. The first-order valence-corrected chi connectivity index (χ1v) is 8.10. The van der Waals surface area contributed by atoms with Gasteiger partial charge in [0.25, 0.3) is 0 Å². The predicted octanol–water partition coefficient (Wildman–Crippen LogP) is 3.14. The Bertz CT molecular complexity index is 887. The van der Waals surface area contributed by atoms with E-state index in [4.69, 9.17) is 0 Å². The zero-order valence-corrected chi connectivity index (χ0v) is 13.0. The van der Waals surface area contributed by atoms with Crippen LogP contribution in [0.3, 0.4) is 0 Å². The number of hydrogen-bond acceptors (Lipinski definition) is 6. The SMILES string of the molecule is c1ccc([C@@H](Cn2cncn2)Nc2ncnc3sccc23)cc1. The molecule has 3 heterocycles. The fraction of sp³-hybridized carbons (Fsp3) is 0.125. The average Bonchev–Trinajstić information content (AvgIpc) is 3.27. The minimum atomic E-state index is 0.0379. The van der Waals surface area contributed by atoms with Gasteiger partial charge < -0.3 is 5.32 Å². The van der Waals surface area contributed by atoms with Crippen molar-refractivity contribution in [3.05, 3.63) is 66.3 Å². The third-order valence-corrected chi connectivity index (χ3v) is 4.43. The van der Waals surface area contributed by atoms with Gasteiger partial charge in [0, 0.05) is 0 Å². The van der Waals surface area contributed by atoms with Crippen LogP contribution >= 0.6 is 11.3 Å². The highest BCUT2D eigenvalue weighted by atomic mass is 32.1. The van der Waals surface area contributed by atoms with Crippen molar-refractivity contribution in [2.24, 2.45) is 0 Å². The topological polar surface area (TPSA) is 68.5 Å². The van der Waals surface area contributed by atoms with Crippen molar-refractivity contribution >= 4 is 27.4 Å². The van der Waals surface area contributed by atoms with Crippen molar-refractivity contribution in [2.45, 2.75) is 12.6 Å². The lowest BCUT2D eigenvalue weighted by molar-refractivity contribution is 0.549. The van der Waals surface area contributed by atoms with Crippen molar-refractivity contribution in [1.82, 2.24) is 24.7 Å². The highest BCUT2D eigenvalue weighted by molar-refractivity contribution is 7.16. The fourth-order valence-corrected chi connectivity index (χ4v) is 3.24. The van der Waals surface area contributed by atoms with Crippen LogP contribution in [0.4, 0.5) is 5.82 Å². The molecule has 114 valence electrons. The van der Waals surface area contributed by atoms with Gasteiger partial charge in [0.15, 0.2) is 0 Å². The first-order chi connectivity index (χ1) is 11.4. The van der Waals surface area contributed by atoms with E-state index in [1.807, 2.05) is 34.3 Å². The van der Waals surface area contributed by atoms with Crippen LogP contribution in [0.1, 0.15) is 11.6 Å². The van der Waals surface area contributed by atoms with Crippen molar-refractivity contribution in [1.29, 1.82) is 0 Å². The van der Waals surface area contributed by atoms with Gasteiger partial charge in [0.2, 0.25) is 0 Å².